The Hall–Kier alpha value is -2.49. The van der Waals surface area contributed by atoms with Crippen molar-refractivity contribution in [3.05, 3.63) is 58.6 Å². The van der Waals surface area contributed by atoms with Gasteiger partial charge < -0.3 is 4.74 Å². The minimum Gasteiger partial charge on any atom is -0.456 e. The summed E-state index contributed by atoms with van der Waals surface area (Å²) in [4.78, 5) is 0. The molecule has 0 saturated heterocycles. The fourth-order valence-electron chi connectivity index (χ4n) is 1.44. The van der Waals surface area contributed by atoms with E-state index in [1.54, 1.807) is 36.4 Å². The van der Waals surface area contributed by atoms with Gasteiger partial charge in [0.05, 0.1) is 28.3 Å². The molecule has 0 spiro atoms. The fraction of sp³-hybridized carbons (Fsp3) is 0. The Morgan fingerprint density at radius 2 is 1.56 bits per heavy atom. The second-order valence-electron chi connectivity index (χ2n) is 3.50. The van der Waals surface area contributed by atoms with Gasteiger partial charge in [-0.05, 0) is 30.3 Å². The van der Waals surface area contributed by atoms with Crippen molar-refractivity contribution in [3.63, 3.8) is 0 Å². The van der Waals surface area contributed by atoms with Gasteiger partial charge in [-0.15, -0.1) is 0 Å². The van der Waals surface area contributed by atoms with Crippen molar-refractivity contribution < 1.29 is 4.74 Å². The Labute approximate surface area is 109 Å². The van der Waals surface area contributed by atoms with Crippen molar-refractivity contribution in [1.29, 1.82) is 10.5 Å². The van der Waals surface area contributed by atoms with E-state index in [1.807, 2.05) is 12.1 Å². The number of nitrogens with zero attached hydrogens (tertiary/aromatic N) is 2. The number of hydrogen-bond acceptors (Lipinski definition) is 3. The summed E-state index contributed by atoms with van der Waals surface area (Å²) in [6, 6.07) is 15.6. The smallest absolute Gasteiger partial charge is 0.146 e. The molecule has 0 fully saturated rings. The zero-order valence-electron chi connectivity index (χ0n) is 9.22. The molecule has 0 amide bonds. The summed E-state index contributed by atoms with van der Waals surface area (Å²) in [7, 11) is 0. The number of benzene rings is 2. The van der Waals surface area contributed by atoms with Crippen LogP contribution in [-0.2, 0) is 0 Å². The van der Waals surface area contributed by atoms with E-state index in [-0.39, 0.29) is 0 Å². The molecule has 0 unspecified atom stereocenters. The Bertz CT molecular complexity index is 636. The second-order valence-corrected chi connectivity index (χ2v) is 3.91. The lowest BCUT2D eigenvalue weighted by Crippen LogP contribution is -1.88. The van der Waals surface area contributed by atoms with Crippen LogP contribution < -0.4 is 4.74 Å². The molecule has 0 aromatic heterocycles. The van der Waals surface area contributed by atoms with Crippen molar-refractivity contribution in [2.75, 3.05) is 0 Å². The first-order valence-corrected chi connectivity index (χ1v) is 5.48. The van der Waals surface area contributed by atoms with E-state index in [0.29, 0.717) is 27.6 Å². The van der Waals surface area contributed by atoms with Crippen LogP contribution in [0.2, 0.25) is 5.02 Å². The highest BCUT2D eigenvalue weighted by Gasteiger charge is 2.05. The quantitative estimate of drug-likeness (QED) is 0.817. The van der Waals surface area contributed by atoms with Crippen molar-refractivity contribution in [3.8, 4) is 23.6 Å². The summed E-state index contributed by atoms with van der Waals surface area (Å²) in [5, 5.41) is 18.2. The maximum atomic E-state index is 8.86. The Balaban J connectivity index is 2.39. The van der Waals surface area contributed by atoms with E-state index in [4.69, 9.17) is 26.9 Å². The predicted molar refractivity (Wildman–Crippen MR) is 67.4 cm³/mol. The van der Waals surface area contributed by atoms with Gasteiger partial charge in [-0.25, -0.2) is 0 Å². The first-order valence-electron chi connectivity index (χ1n) is 5.10. The van der Waals surface area contributed by atoms with Gasteiger partial charge in [0, 0.05) is 0 Å². The SMILES string of the molecule is N#Cc1cc(C#N)cc(Oc2ccccc2Cl)c1. The van der Waals surface area contributed by atoms with Crippen molar-refractivity contribution in [2.24, 2.45) is 0 Å². The monoisotopic (exact) mass is 254 g/mol. The molecule has 0 heterocycles. The third-order valence-corrected chi connectivity index (χ3v) is 2.54. The maximum Gasteiger partial charge on any atom is 0.146 e. The first-order chi connectivity index (χ1) is 8.72. The van der Waals surface area contributed by atoms with Crippen LogP contribution in [0.25, 0.3) is 0 Å². The van der Waals surface area contributed by atoms with E-state index in [1.165, 1.54) is 6.07 Å². The summed E-state index contributed by atoms with van der Waals surface area (Å²) >= 11 is 5.97. The highest BCUT2D eigenvalue weighted by molar-refractivity contribution is 6.32. The third-order valence-electron chi connectivity index (χ3n) is 2.23. The Morgan fingerprint density at radius 1 is 0.944 bits per heavy atom. The highest BCUT2D eigenvalue weighted by atomic mass is 35.5. The van der Waals surface area contributed by atoms with E-state index >= 15 is 0 Å². The number of para-hydroxylation sites is 1. The average molecular weight is 255 g/mol. The number of halogens is 1. The van der Waals surface area contributed by atoms with E-state index < -0.39 is 0 Å². The highest BCUT2D eigenvalue weighted by Crippen LogP contribution is 2.29. The average Bonchev–Trinajstić information content (AvgIpc) is 2.41. The maximum absolute atomic E-state index is 8.86. The molecule has 0 radical (unpaired) electrons. The molecular formula is C14H7ClN2O. The van der Waals surface area contributed by atoms with Gasteiger partial charge in [0.15, 0.2) is 0 Å². The van der Waals surface area contributed by atoms with Gasteiger partial charge in [0.25, 0.3) is 0 Å². The summed E-state index contributed by atoms with van der Waals surface area (Å²) in [5.41, 5.74) is 0.743. The van der Waals surface area contributed by atoms with Crippen LogP contribution in [0.5, 0.6) is 11.5 Å². The third kappa shape index (κ3) is 2.60. The lowest BCUT2D eigenvalue weighted by molar-refractivity contribution is 0.482. The summed E-state index contributed by atoms with van der Waals surface area (Å²) < 4.78 is 5.56. The minimum atomic E-state index is 0.371. The molecule has 0 aliphatic heterocycles. The zero-order valence-corrected chi connectivity index (χ0v) is 9.98. The van der Waals surface area contributed by atoms with Gasteiger partial charge in [-0.2, -0.15) is 10.5 Å². The Morgan fingerprint density at radius 3 is 2.11 bits per heavy atom. The van der Waals surface area contributed by atoms with Crippen LogP contribution in [-0.4, -0.2) is 0 Å². The molecule has 0 aliphatic rings. The van der Waals surface area contributed by atoms with Gasteiger partial charge in [-0.1, -0.05) is 23.7 Å². The topological polar surface area (TPSA) is 56.8 Å². The first kappa shape index (κ1) is 12.0. The van der Waals surface area contributed by atoms with Gasteiger partial charge in [0.2, 0.25) is 0 Å². The van der Waals surface area contributed by atoms with Crippen LogP contribution in [0.1, 0.15) is 11.1 Å². The van der Waals surface area contributed by atoms with Crippen LogP contribution in [0.15, 0.2) is 42.5 Å². The number of ether oxygens (including phenoxy) is 1. The number of nitriles is 2. The van der Waals surface area contributed by atoms with Crippen LogP contribution in [0, 0.1) is 22.7 Å². The lowest BCUT2D eigenvalue weighted by Gasteiger charge is -2.07. The largest absolute Gasteiger partial charge is 0.456 e. The summed E-state index contributed by atoms with van der Waals surface area (Å²) in [6.45, 7) is 0. The van der Waals surface area contributed by atoms with E-state index in [0.717, 1.165) is 0 Å². The van der Waals surface area contributed by atoms with E-state index in [2.05, 4.69) is 0 Å². The molecule has 2 rings (SSSR count). The second kappa shape index (κ2) is 5.23. The molecule has 0 bridgehead atoms. The zero-order chi connectivity index (χ0) is 13.0. The fourth-order valence-corrected chi connectivity index (χ4v) is 1.62. The van der Waals surface area contributed by atoms with Crippen LogP contribution in [0.3, 0.4) is 0 Å². The molecule has 2 aromatic rings. The summed E-state index contributed by atoms with van der Waals surface area (Å²) in [6.07, 6.45) is 0. The molecule has 0 N–H and O–H groups in total. The molecule has 0 saturated carbocycles. The summed E-state index contributed by atoms with van der Waals surface area (Å²) in [5.74, 6) is 0.900. The van der Waals surface area contributed by atoms with Gasteiger partial charge in [0.1, 0.15) is 11.5 Å². The van der Waals surface area contributed by atoms with Gasteiger partial charge in [-0.3, -0.25) is 0 Å². The Kier molecular flexibility index (Phi) is 3.48. The number of hydrogen-bond donors (Lipinski definition) is 0. The van der Waals surface area contributed by atoms with E-state index in [9.17, 15) is 0 Å². The van der Waals surface area contributed by atoms with Crippen molar-refractivity contribution >= 4 is 11.6 Å². The molecular weight excluding hydrogens is 248 g/mol. The molecule has 4 heteroatoms. The molecule has 2 aromatic carbocycles. The van der Waals surface area contributed by atoms with Crippen LogP contribution in [0.4, 0.5) is 0 Å². The molecule has 0 aliphatic carbocycles. The molecule has 3 nitrogen and oxygen atoms in total. The molecule has 18 heavy (non-hydrogen) atoms. The van der Waals surface area contributed by atoms with Crippen molar-refractivity contribution in [2.45, 2.75) is 0 Å². The molecule has 86 valence electrons. The number of rotatable bonds is 2. The van der Waals surface area contributed by atoms with Gasteiger partial charge >= 0.3 is 0 Å². The standard InChI is InChI=1S/C14H7ClN2O/c15-13-3-1-2-4-14(13)18-12-6-10(8-16)5-11(7-12)9-17/h1-7H. The normalized spacial score (nSPS) is 9.28. The van der Waals surface area contributed by atoms with Crippen molar-refractivity contribution in [1.82, 2.24) is 0 Å². The predicted octanol–water partition coefficient (Wildman–Crippen LogP) is 3.88. The minimum absolute atomic E-state index is 0.371. The molecule has 0 atom stereocenters. The lowest BCUT2D eigenvalue weighted by atomic mass is 10.1. The van der Waals surface area contributed by atoms with Crippen LogP contribution >= 0.6 is 11.6 Å².